The van der Waals surface area contributed by atoms with Gasteiger partial charge in [-0.05, 0) is 6.92 Å². The fourth-order valence-corrected chi connectivity index (χ4v) is 1.18. The molecule has 0 fully saturated rings. The van der Waals surface area contributed by atoms with E-state index in [1.165, 1.54) is 19.1 Å². The minimum atomic E-state index is -1.31. The lowest BCUT2D eigenvalue weighted by Crippen LogP contribution is -2.37. The molecule has 0 aliphatic rings. The number of aromatic nitrogens is 1. The van der Waals surface area contributed by atoms with Gasteiger partial charge >= 0.3 is 0 Å². The van der Waals surface area contributed by atoms with Crippen LogP contribution in [0.4, 0.5) is 17.3 Å². The van der Waals surface area contributed by atoms with Gasteiger partial charge < -0.3 is 20.8 Å². The highest BCUT2D eigenvalue weighted by Crippen LogP contribution is 2.20. The number of hydrogen-bond donors (Lipinski definition) is 4. The van der Waals surface area contributed by atoms with Gasteiger partial charge in [0.1, 0.15) is 17.2 Å². The third kappa shape index (κ3) is 3.82. The highest BCUT2D eigenvalue weighted by molar-refractivity contribution is 5.54. The van der Waals surface area contributed by atoms with Gasteiger partial charge in [-0.3, -0.25) is 10.1 Å². The minimum absolute atomic E-state index is 0.0286. The van der Waals surface area contributed by atoms with E-state index >= 15 is 0 Å². The van der Waals surface area contributed by atoms with Crippen LogP contribution in [0.5, 0.6) is 0 Å². The normalized spacial score (nSPS) is 13.8. The molecule has 0 saturated heterocycles. The first-order chi connectivity index (χ1) is 8.38. The molecule has 0 aliphatic heterocycles. The van der Waals surface area contributed by atoms with Crippen LogP contribution in [0, 0.1) is 10.1 Å². The standard InChI is InChI=1S/C10H16N4O4/c1-10(16,6-15)5-12-9-4-7(14(17)18)3-8(11-2)13-9/h3-4,15-16H,5-6H2,1-2H3,(H2,11,12,13). The molecule has 0 spiro atoms. The van der Waals surface area contributed by atoms with Gasteiger partial charge in [-0.1, -0.05) is 0 Å². The molecular formula is C10H16N4O4. The number of nitrogens with zero attached hydrogens (tertiary/aromatic N) is 2. The van der Waals surface area contributed by atoms with Gasteiger partial charge in [-0.15, -0.1) is 0 Å². The average molecular weight is 256 g/mol. The molecule has 1 heterocycles. The van der Waals surface area contributed by atoms with E-state index in [2.05, 4.69) is 15.6 Å². The van der Waals surface area contributed by atoms with Gasteiger partial charge in [0.2, 0.25) is 0 Å². The monoisotopic (exact) mass is 256 g/mol. The van der Waals surface area contributed by atoms with E-state index in [1.54, 1.807) is 7.05 Å². The average Bonchev–Trinajstić information content (AvgIpc) is 2.36. The summed E-state index contributed by atoms with van der Waals surface area (Å²) in [6.45, 7) is 1.05. The van der Waals surface area contributed by atoms with E-state index in [9.17, 15) is 15.2 Å². The Balaban J connectivity index is 2.88. The SMILES string of the molecule is CNc1cc([N+](=O)[O-])cc(NCC(C)(O)CO)n1. The second kappa shape index (κ2) is 5.61. The molecule has 4 N–H and O–H groups in total. The lowest BCUT2D eigenvalue weighted by molar-refractivity contribution is -0.384. The molecule has 0 amide bonds. The zero-order valence-corrected chi connectivity index (χ0v) is 10.2. The summed E-state index contributed by atoms with van der Waals surface area (Å²) in [7, 11) is 1.60. The highest BCUT2D eigenvalue weighted by atomic mass is 16.6. The first-order valence-electron chi connectivity index (χ1n) is 5.29. The lowest BCUT2D eigenvalue weighted by Gasteiger charge is -2.21. The van der Waals surface area contributed by atoms with Gasteiger partial charge in [0.05, 0.1) is 23.7 Å². The van der Waals surface area contributed by atoms with Crippen LogP contribution >= 0.6 is 0 Å². The number of hydrogen-bond acceptors (Lipinski definition) is 7. The van der Waals surface area contributed by atoms with E-state index in [0.29, 0.717) is 5.82 Å². The summed E-state index contributed by atoms with van der Waals surface area (Å²) in [6.07, 6.45) is 0. The Morgan fingerprint density at radius 3 is 2.61 bits per heavy atom. The second-order valence-corrected chi connectivity index (χ2v) is 4.11. The third-order valence-electron chi connectivity index (χ3n) is 2.27. The summed E-state index contributed by atoms with van der Waals surface area (Å²) >= 11 is 0. The fraction of sp³-hybridized carbons (Fsp3) is 0.500. The number of nitrogens with one attached hydrogen (secondary N) is 2. The summed E-state index contributed by atoms with van der Waals surface area (Å²) in [5.41, 5.74) is -1.42. The topological polar surface area (TPSA) is 121 Å². The maximum atomic E-state index is 10.7. The Labute approximate surface area is 104 Å². The highest BCUT2D eigenvalue weighted by Gasteiger charge is 2.19. The summed E-state index contributed by atoms with van der Waals surface area (Å²) in [5.74, 6) is 0.595. The molecule has 1 aromatic heterocycles. The molecule has 1 rings (SSSR count). The van der Waals surface area contributed by atoms with Crippen molar-refractivity contribution in [2.45, 2.75) is 12.5 Å². The number of pyridine rings is 1. The largest absolute Gasteiger partial charge is 0.393 e. The van der Waals surface area contributed by atoms with Gasteiger partial charge in [0.15, 0.2) is 0 Å². The quantitative estimate of drug-likeness (QED) is 0.423. The Morgan fingerprint density at radius 1 is 1.50 bits per heavy atom. The number of anilines is 2. The van der Waals surface area contributed by atoms with Crippen molar-refractivity contribution in [3.05, 3.63) is 22.2 Å². The van der Waals surface area contributed by atoms with Gasteiger partial charge in [-0.25, -0.2) is 4.98 Å². The molecule has 100 valence electrons. The molecule has 18 heavy (non-hydrogen) atoms. The number of rotatable bonds is 6. The van der Waals surface area contributed by atoms with Crippen molar-refractivity contribution in [2.75, 3.05) is 30.8 Å². The molecule has 1 unspecified atom stereocenters. The van der Waals surface area contributed by atoms with E-state index in [-0.39, 0.29) is 18.1 Å². The van der Waals surface area contributed by atoms with E-state index in [4.69, 9.17) is 5.11 Å². The third-order valence-corrected chi connectivity index (χ3v) is 2.27. The van der Waals surface area contributed by atoms with Crippen LogP contribution < -0.4 is 10.6 Å². The van der Waals surface area contributed by atoms with E-state index in [0.717, 1.165) is 0 Å². The number of aliphatic hydroxyl groups is 2. The molecule has 8 heteroatoms. The van der Waals surface area contributed by atoms with Crippen LogP contribution in [0.25, 0.3) is 0 Å². The smallest absolute Gasteiger partial charge is 0.276 e. The Hall–Kier alpha value is -1.93. The summed E-state index contributed by atoms with van der Waals surface area (Å²) in [4.78, 5) is 14.2. The van der Waals surface area contributed by atoms with E-state index < -0.39 is 17.1 Å². The molecule has 0 aliphatic carbocycles. The van der Waals surface area contributed by atoms with Crippen molar-refractivity contribution >= 4 is 17.3 Å². The molecule has 1 aromatic rings. The Morgan fingerprint density at radius 2 is 2.11 bits per heavy atom. The molecule has 1 atom stereocenters. The zero-order chi connectivity index (χ0) is 13.8. The van der Waals surface area contributed by atoms with Gasteiger partial charge in [0.25, 0.3) is 5.69 Å². The second-order valence-electron chi connectivity index (χ2n) is 4.11. The van der Waals surface area contributed by atoms with Crippen molar-refractivity contribution < 1.29 is 15.1 Å². The number of aliphatic hydroxyl groups excluding tert-OH is 1. The van der Waals surface area contributed by atoms with Crippen LogP contribution in [0.2, 0.25) is 0 Å². The van der Waals surface area contributed by atoms with Crippen LogP contribution in [0.1, 0.15) is 6.92 Å². The van der Waals surface area contributed by atoms with Crippen LogP contribution in [0.3, 0.4) is 0 Å². The van der Waals surface area contributed by atoms with Gasteiger partial charge in [0, 0.05) is 13.6 Å². The predicted molar refractivity (Wildman–Crippen MR) is 66.6 cm³/mol. The lowest BCUT2D eigenvalue weighted by atomic mass is 10.1. The minimum Gasteiger partial charge on any atom is -0.393 e. The van der Waals surface area contributed by atoms with Crippen LogP contribution in [-0.4, -0.2) is 45.9 Å². The molecule has 0 radical (unpaired) electrons. The van der Waals surface area contributed by atoms with E-state index in [1.807, 2.05) is 0 Å². The summed E-state index contributed by atoms with van der Waals surface area (Å²) in [5, 5.41) is 34.6. The van der Waals surface area contributed by atoms with Crippen molar-refractivity contribution in [3.8, 4) is 0 Å². The molecule has 8 nitrogen and oxygen atoms in total. The zero-order valence-electron chi connectivity index (χ0n) is 10.2. The molecule has 0 aromatic carbocycles. The number of nitro groups is 1. The predicted octanol–water partition coefficient (Wildman–Crippen LogP) is 0.187. The van der Waals surface area contributed by atoms with Crippen molar-refractivity contribution in [1.29, 1.82) is 0 Å². The maximum Gasteiger partial charge on any atom is 0.276 e. The van der Waals surface area contributed by atoms with Crippen molar-refractivity contribution in [3.63, 3.8) is 0 Å². The van der Waals surface area contributed by atoms with Crippen LogP contribution in [0.15, 0.2) is 12.1 Å². The Kier molecular flexibility index (Phi) is 4.40. The first kappa shape index (κ1) is 14.1. The maximum absolute atomic E-state index is 10.7. The van der Waals surface area contributed by atoms with Crippen molar-refractivity contribution in [1.82, 2.24) is 4.98 Å². The van der Waals surface area contributed by atoms with Crippen LogP contribution in [-0.2, 0) is 0 Å². The molecule has 0 saturated carbocycles. The summed E-state index contributed by atoms with van der Waals surface area (Å²) in [6, 6.07) is 2.56. The fourth-order valence-electron chi connectivity index (χ4n) is 1.18. The first-order valence-corrected chi connectivity index (χ1v) is 5.29. The summed E-state index contributed by atoms with van der Waals surface area (Å²) < 4.78 is 0. The molecule has 0 bridgehead atoms. The molecular weight excluding hydrogens is 240 g/mol. The van der Waals surface area contributed by atoms with Crippen molar-refractivity contribution in [2.24, 2.45) is 0 Å². The van der Waals surface area contributed by atoms with Gasteiger partial charge in [-0.2, -0.15) is 0 Å². The Bertz CT molecular complexity index is 436.